The molecule has 0 radical (unpaired) electrons. The van der Waals surface area contributed by atoms with E-state index in [0.717, 1.165) is 25.2 Å². The Kier molecular flexibility index (Phi) is 5.61. The van der Waals surface area contributed by atoms with E-state index in [1.54, 1.807) is 0 Å². The zero-order valence-corrected chi connectivity index (χ0v) is 12.2. The van der Waals surface area contributed by atoms with Gasteiger partial charge in [0.05, 0.1) is 5.75 Å². The summed E-state index contributed by atoms with van der Waals surface area (Å²) in [5, 5.41) is 0. The molecule has 19 heavy (non-hydrogen) atoms. The first-order valence-electron chi connectivity index (χ1n) is 5.99. The zero-order valence-electron chi connectivity index (χ0n) is 10.6. The molecule has 0 spiro atoms. The Labute approximate surface area is 119 Å². The van der Waals surface area contributed by atoms with Crippen molar-refractivity contribution in [3.05, 3.63) is 29.3 Å². The zero-order chi connectivity index (χ0) is 13.2. The molecule has 0 bridgehead atoms. The first-order valence-corrected chi connectivity index (χ1v) is 7.60. The Morgan fingerprint density at radius 3 is 2.79 bits per heavy atom. The maximum absolute atomic E-state index is 10.6. The first kappa shape index (κ1) is 16.2. The van der Waals surface area contributed by atoms with Crippen molar-refractivity contribution in [2.45, 2.75) is 19.4 Å². The van der Waals surface area contributed by atoms with Crippen LogP contribution in [0, 0.1) is 0 Å². The van der Waals surface area contributed by atoms with Gasteiger partial charge >= 0.3 is 0 Å². The van der Waals surface area contributed by atoms with Gasteiger partial charge in [0.2, 0.25) is 0 Å². The third-order valence-electron chi connectivity index (χ3n) is 3.26. The second-order valence-corrected chi connectivity index (χ2v) is 6.22. The van der Waals surface area contributed by atoms with Crippen LogP contribution in [0.1, 0.15) is 17.5 Å². The molecule has 0 saturated heterocycles. The van der Waals surface area contributed by atoms with E-state index in [1.165, 1.54) is 11.1 Å². The summed E-state index contributed by atoms with van der Waals surface area (Å²) in [5.74, 6) is -0.173. The number of rotatable bonds is 4. The summed E-state index contributed by atoms with van der Waals surface area (Å²) < 4.78 is 30.0. The van der Waals surface area contributed by atoms with Crippen molar-refractivity contribution in [2.24, 2.45) is 0 Å². The van der Waals surface area contributed by atoms with Crippen LogP contribution in [-0.2, 0) is 23.1 Å². The smallest absolute Gasteiger partial charge is 0.264 e. The average Bonchev–Trinajstić information content (AvgIpc) is 2.27. The predicted octanol–water partition coefficient (Wildman–Crippen LogP) is 1.33. The Balaban J connectivity index is 0.00000180. The Morgan fingerprint density at radius 1 is 1.37 bits per heavy atom. The Bertz CT molecular complexity index is 534. The molecular formula is C12H19ClN2O3S. The molecule has 0 unspecified atom stereocenters. The second-order valence-electron chi connectivity index (χ2n) is 4.65. The SMILES string of the molecule is Cl.Nc1cccc2c1CCN(CCCS(=O)(=O)O)C2. The van der Waals surface area contributed by atoms with E-state index >= 15 is 0 Å². The minimum absolute atomic E-state index is 0. The summed E-state index contributed by atoms with van der Waals surface area (Å²) in [7, 11) is -3.84. The largest absolute Gasteiger partial charge is 0.398 e. The Hall–Kier alpha value is -0.820. The van der Waals surface area contributed by atoms with E-state index in [2.05, 4.69) is 11.0 Å². The lowest BCUT2D eigenvalue weighted by molar-refractivity contribution is 0.255. The molecule has 0 aliphatic carbocycles. The van der Waals surface area contributed by atoms with Crippen molar-refractivity contribution in [2.75, 3.05) is 24.6 Å². The minimum atomic E-state index is -3.84. The van der Waals surface area contributed by atoms with Crippen molar-refractivity contribution >= 4 is 28.2 Å². The molecule has 3 N–H and O–H groups in total. The number of halogens is 1. The maximum Gasteiger partial charge on any atom is 0.264 e. The molecule has 1 aromatic carbocycles. The van der Waals surface area contributed by atoms with Crippen LogP contribution in [0.15, 0.2) is 18.2 Å². The van der Waals surface area contributed by atoms with Gasteiger partial charge in [0.1, 0.15) is 0 Å². The number of fused-ring (bicyclic) bond motifs is 1. The number of anilines is 1. The van der Waals surface area contributed by atoms with E-state index in [1.807, 2.05) is 12.1 Å². The van der Waals surface area contributed by atoms with Gasteiger partial charge in [-0.25, -0.2) is 0 Å². The molecule has 2 rings (SSSR count). The fourth-order valence-corrected chi connectivity index (χ4v) is 2.85. The maximum atomic E-state index is 10.6. The summed E-state index contributed by atoms with van der Waals surface area (Å²) in [6, 6.07) is 5.91. The van der Waals surface area contributed by atoms with Gasteiger partial charge < -0.3 is 5.73 Å². The van der Waals surface area contributed by atoms with Gasteiger partial charge in [-0.1, -0.05) is 12.1 Å². The van der Waals surface area contributed by atoms with Gasteiger partial charge in [0.15, 0.2) is 0 Å². The van der Waals surface area contributed by atoms with Crippen LogP contribution in [0.2, 0.25) is 0 Å². The molecule has 0 saturated carbocycles. The van der Waals surface area contributed by atoms with Gasteiger partial charge in [-0.15, -0.1) is 12.4 Å². The molecule has 1 aliphatic rings. The van der Waals surface area contributed by atoms with E-state index < -0.39 is 10.1 Å². The van der Waals surface area contributed by atoms with Crippen LogP contribution < -0.4 is 5.73 Å². The van der Waals surface area contributed by atoms with Crippen LogP contribution >= 0.6 is 12.4 Å². The standard InChI is InChI=1S/C12H18N2O3S.ClH/c13-12-4-1-3-10-9-14(7-5-11(10)12)6-2-8-18(15,16)17;/h1,3-4H,2,5-9,13H2,(H,15,16,17);1H. The topological polar surface area (TPSA) is 83.6 Å². The fourth-order valence-electron chi connectivity index (χ4n) is 2.36. The summed E-state index contributed by atoms with van der Waals surface area (Å²) in [6.07, 6.45) is 1.35. The third kappa shape index (κ3) is 4.65. The van der Waals surface area contributed by atoms with Gasteiger partial charge in [0, 0.05) is 18.8 Å². The molecule has 0 fully saturated rings. The Morgan fingerprint density at radius 2 is 2.11 bits per heavy atom. The van der Waals surface area contributed by atoms with Gasteiger partial charge in [-0.05, 0) is 36.6 Å². The minimum Gasteiger partial charge on any atom is -0.398 e. The summed E-state index contributed by atoms with van der Waals surface area (Å²) >= 11 is 0. The highest BCUT2D eigenvalue weighted by molar-refractivity contribution is 7.85. The van der Waals surface area contributed by atoms with Crippen molar-refractivity contribution in [1.29, 1.82) is 0 Å². The fraction of sp³-hybridized carbons (Fsp3) is 0.500. The summed E-state index contributed by atoms with van der Waals surface area (Å²) in [6.45, 7) is 2.35. The third-order valence-corrected chi connectivity index (χ3v) is 4.06. The molecule has 0 atom stereocenters. The average molecular weight is 307 g/mol. The van der Waals surface area contributed by atoms with Crippen LogP contribution in [0.25, 0.3) is 0 Å². The molecule has 1 aliphatic heterocycles. The molecule has 7 heteroatoms. The molecular weight excluding hydrogens is 288 g/mol. The molecule has 0 amide bonds. The number of nitrogens with zero attached hydrogens (tertiary/aromatic N) is 1. The summed E-state index contributed by atoms with van der Waals surface area (Å²) in [5.41, 5.74) is 9.18. The second kappa shape index (κ2) is 6.56. The van der Waals surface area contributed by atoms with Crippen molar-refractivity contribution in [3.8, 4) is 0 Å². The first-order chi connectivity index (χ1) is 8.46. The van der Waals surface area contributed by atoms with Crippen LogP contribution in [0.4, 0.5) is 5.69 Å². The molecule has 108 valence electrons. The lowest BCUT2D eigenvalue weighted by Crippen LogP contribution is -2.32. The number of benzene rings is 1. The molecule has 1 heterocycles. The number of nitrogen functional groups attached to an aromatic ring is 1. The van der Waals surface area contributed by atoms with Crippen molar-refractivity contribution < 1.29 is 13.0 Å². The lowest BCUT2D eigenvalue weighted by Gasteiger charge is -2.29. The normalized spacial score (nSPS) is 15.6. The number of nitrogens with two attached hydrogens (primary N) is 1. The van der Waals surface area contributed by atoms with E-state index in [9.17, 15) is 8.42 Å². The van der Waals surface area contributed by atoms with E-state index in [4.69, 9.17) is 10.3 Å². The lowest BCUT2D eigenvalue weighted by atomic mass is 9.98. The summed E-state index contributed by atoms with van der Waals surface area (Å²) in [4.78, 5) is 2.19. The molecule has 1 aromatic rings. The van der Waals surface area contributed by atoms with Gasteiger partial charge in [0.25, 0.3) is 10.1 Å². The molecule has 5 nitrogen and oxygen atoms in total. The van der Waals surface area contributed by atoms with E-state index in [0.29, 0.717) is 13.0 Å². The monoisotopic (exact) mass is 306 g/mol. The highest BCUT2D eigenvalue weighted by Gasteiger charge is 2.17. The highest BCUT2D eigenvalue weighted by atomic mass is 35.5. The van der Waals surface area contributed by atoms with Crippen LogP contribution in [0.3, 0.4) is 0 Å². The van der Waals surface area contributed by atoms with Gasteiger partial charge in [-0.2, -0.15) is 8.42 Å². The highest BCUT2D eigenvalue weighted by Crippen LogP contribution is 2.23. The van der Waals surface area contributed by atoms with Gasteiger partial charge in [-0.3, -0.25) is 9.45 Å². The number of hydrogen-bond donors (Lipinski definition) is 2. The van der Waals surface area contributed by atoms with Crippen molar-refractivity contribution in [3.63, 3.8) is 0 Å². The number of hydrogen-bond acceptors (Lipinski definition) is 4. The van der Waals surface area contributed by atoms with Crippen LogP contribution in [-0.4, -0.2) is 36.7 Å². The predicted molar refractivity (Wildman–Crippen MR) is 78.1 cm³/mol. The van der Waals surface area contributed by atoms with E-state index in [-0.39, 0.29) is 18.2 Å². The molecule has 0 aromatic heterocycles. The quantitative estimate of drug-likeness (QED) is 0.647. The van der Waals surface area contributed by atoms with Crippen LogP contribution in [0.5, 0.6) is 0 Å². The van der Waals surface area contributed by atoms with Crippen molar-refractivity contribution in [1.82, 2.24) is 4.90 Å².